The predicted octanol–water partition coefficient (Wildman–Crippen LogP) is 7.18. The zero-order valence-corrected chi connectivity index (χ0v) is 21.4. The summed E-state index contributed by atoms with van der Waals surface area (Å²) in [6.07, 6.45) is 16.4. The Bertz CT molecular complexity index is 623. The highest BCUT2D eigenvalue weighted by Crippen LogP contribution is 2.39. The van der Waals surface area contributed by atoms with Crippen LogP contribution in [0.4, 0.5) is 0 Å². The molecule has 0 radical (unpaired) electrons. The smallest absolute Gasteiger partial charge is 0.345 e. The molecule has 0 bridgehead atoms. The third-order valence-electron chi connectivity index (χ3n) is 6.31. The summed E-state index contributed by atoms with van der Waals surface area (Å²) in [4.78, 5) is 25.8. The lowest BCUT2D eigenvalue weighted by Crippen LogP contribution is -2.26. The molecule has 0 N–H and O–H groups in total. The molecule has 4 heteroatoms. The molecule has 2 rings (SSSR count). The topological polar surface area (TPSA) is 52.6 Å². The maximum absolute atomic E-state index is 12.9. The molecule has 0 aromatic heterocycles. The van der Waals surface area contributed by atoms with Crippen molar-refractivity contribution in [3.8, 4) is 0 Å². The van der Waals surface area contributed by atoms with Crippen LogP contribution in [0.2, 0.25) is 0 Å². The van der Waals surface area contributed by atoms with E-state index in [0.717, 1.165) is 0 Å². The number of allylic oxidation sites excluding steroid dienone is 3. The van der Waals surface area contributed by atoms with Crippen molar-refractivity contribution < 1.29 is 19.1 Å². The average Bonchev–Trinajstić information content (AvgIpc) is 2.74. The molecule has 2 aliphatic carbocycles. The van der Waals surface area contributed by atoms with Gasteiger partial charge < -0.3 is 9.47 Å². The molecule has 4 nitrogen and oxygen atoms in total. The van der Waals surface area contributed by atoms with Crippen LogP contribution in [0.1, 0.15) is 106 Å². The van der Waals surface area contributed by atoms with Crippen molar-refractivity contribution in [1.82, 2.24) is 0 Å². The van der Waals surface area contributed by atoms with Crippen molar-refractivity contribution in [1.29, 1.82) is 0 Å². The summed E-state index contributed by atoms with van der Waals surface area (Å²) < 4.78 is 11.0. The van der Waals surface area contributed by atoms with Crippen molar-refractivity contribution in [3.05, 3.63) is 23.3 Å². The van der Waals surface area contributed by atoms with Gasteiger partial charge in [-0.2, -0.15) is 0 Å². The zero-order chi connectivity index (χ0) is 23.8. The van der Waals surface area contributed by atoms with Gasteiger partial charge in [-0.05, 0) is 54.4 Å². The Morgan fingerprint density at radius 3 is 1.38 bits per heavy atom. The molecule has 0 heterocycles. The van der Waals surface area contributed by atoms with Crippen molar-refractivity contribution in [2.75, 3.05) is 13.2 Å². The van der Waals surface area contributed by atoms with Crippen LogP contribution in [0, 0.1) is 22.7 Å². The Hall–Kier alpha value is -1.58. The maximum atomic E-state index is 12.9. The van der Waals surface area contributed by atoms with Gasteiger partial charge in [0.2, 0.25) is 0 Å². The summed E-state index contributed by atoms with van der Waals surface area (Å²) in [7, 11) is 0. The van der Waals surface area contributed by atoms with Crippen molar-refractivity contribution >= 4 is 11.9 Å². The molecule has 0 saturated heterocycles. The van der Waals surface area contributed by atoms with E-state index in [0.29, 0.717) is 11.8 Å². The quantitative estimate of drug-likeness (QED) is 0.137. The second-order valence-corrected chi connectivity index (χ2v) is 12.2. The minimum atomic E-state index is -0.582. The van der Waals surface area contributed by atoms with E-state index in [2.05, 4.69) is 6.08 Å². The number of rotatable bonds is 7. The molecule has 0 aromatic rings. The molecule has 2 aliphatic rings. The second kappa shape index (κ2) is 12.0. The molecule has 0 unspecified atom stereocenters. The van der Waals surface area contributed by atoms with Crippen LogP contribution in [0.5, 0.6) is 0 Å². The molecule has 2 fully saturated rings. The van der Waals surface area contributed by atoms with Crippen molar-refractivity contribution in [2.45, 2.75) is 106 Å². The Kier molecular flexibility index (Phi) is 10.0. The third-order valence-corrected chi connectivity index (χ3v) is 6.31. The second-order valence-electron chi connectivity index (χ2n) is 12.2. The van der Waals surface area contributed by atoms with Gasteiger partial charge in [0.15, 0.2) is 0 Å². The first-order valence-corrected chi connectivity index (χ1v) is 12.7. The van der Waals surface area contributed by atoms with Crippen LogP contribution >= 0.6 is 0 Å². The fourth-order valence-corrected chi connectivity index (χ4v) is 4.60. The number of carbonyl (C=O) groups is 2. The van der Waals surface area contributed by atoms with E-state index in [1.54, 1.807) is 6.08 Å². The first-order valence-electron chi connectivity index (χ1n) is 12.7. The van der Waals surface area contributed by atoms with Gasteiger partial charge in [-0.3, -0.25) is 0 Å². The highest BCUT2D eigenvalue weighted by Gasteiger charge is 2.28. The van der Waals surface area contributed by atoms with E-state index < -0.39 is 11.9 Å². The molecule has 0 spiro atoms. The van der Waals surface area contributed by atoms with Crippen LogP contribution in [0.25, 0.3) is 0 Å². The average molecular weight is 447 g/mol. The van der Waals surface area contributed by atoms with Gasteiger partial charge >= 0.3 is 11.9 Å². The predicted molar refractivity (Wildman–Crippen MR) is 130 cm³/mol. The molecular weight excluding hydrogens is 400 g/mol. The molecular formula is C28H46O4. The van der Waals surface area contributed by atoms with Crippen molar-refractivity contribution in [2.24, 2.45) is 22.7 Å². The highest BCUT2D eigenvalue weighted by atomic mass is 16.6. The summed E-state index contributed by atoms with van der Waals surface area (Å²) in [5.41, 5.74) is 1.12. The normalized spacial score (nSPS) is 18.6. The van der Waals surface area contributed by atoms with Gasteiger partial charge in [-0.15, -0.1) is 0 Å². The first kappa shape index (κ1) is 26.7. The van der Waals surface area contributed by atoms with Gasteiger partial charge in [-0.25, -0.2) is 9.59 Å². The van der Waals surface area contributed by atoms with E-state index in [-0.39, 0.29) is 29.6 Å². The molecule has 2 saturated carbocycles. The molecule has 32 heavy (non-hydrogen) atoms. The number of ether oxygens (including phenoxy) is 2. The first-order chi connectivity index (χ1) is 15.0. The monoisotopic (exact) mass is 446 g/mol. The van der Waals surface area contributed by atoms with Gasteiger partial charge in [0, 0.05) is 0 Å². The lowest BCUT2D eigenvalue weighted by molar-refractivity contribution is -0.150. The number of hydrogen-bond donors (Lipinski definition) is 0. The van der Waals surface area contributed by atoms with E-state index in [1.165, 1.54) is 69.8 Å². The standard InChI is InChI=1S/C28H46O4/c1-27(2,3)19-31-25(29)24(26(30)32-20-28(4,5)6)18-17-23(21-13-9-7-10-14-21)22-15-11-8-12-16-22/h17-18,21-22H,7-16,19-20H2,1-6H3. The molecule has 0 aliphatic heterocycles. The lowest BCUT2D eigenvalue weighted by Gasteiger charge is -2.32. The third kappa shape index (κ3) is 9.50. The van der Waals surface area contributed by atoms with Crippen LogP contribution in [0.15, 0.2) is 23.3 Å². The lowest BCUT2D eigenvalue weighted by atomic mass is 9.73. The SMILES string of the molecule is CC(C)(C)COC(=O)C(=CC=C(C1CCCCC1)C1CCCCC1)C(=O)OCC(C)(C)C. The van der Waals surface area contributed by atoms with E-state index in [9.17, 15) is 9.59 Å². The van der Waals surface area contributed by atoms with Crippen LogP contribution in [-0.2, 0) is 19.1 Å². The Labute approximate surface area is 196 Å². The summed E-state index contributed by atoms with van der Waals surface area (Å²) >= 11 is 0. The van der Waals surface area contributed by atoms with Gasteiger partial charge in [0.05, 0.1) is 13.2 Å². The Balaban J connectivity index is 2.30. The maximum Gasteiger partial charge on any atom is 0.345 e. The minimum absolute atomic E-state index is 0.0163. The van der Waals surface area contributed by atoms with Crippen LogP contribution in [-0.4, -0.2) is 25.2 Å². The summed E-state index contributed by atoms with van der Waals surface area (Å²) in [6.45, 7) is 12.6. The number of hydrogen-bond acceptors (Lipinski definition) is 4. The fourth-order valence-electron chi connectivity index (χ4n) is 4.60. The zero-order valence-electron chi connectivity index (χ0n) is 21.4. The van der Waals surface area contributed by atoms with Crippen molar-refractivity contribution in [3.63, 3.8) is 0 Å². The molecule has 0 aromatic carbocycles. The van der Waals surface area contributed by atoms with Gasteiger partial charge in [-0.1, -0.05) is 91.7 Å². The van der Waals surface area contributed by atoms with Crippen LogP contribution < -0.4 is 0 Å². The van der Waals surface area contributed by atoms with Crippen LogP contribution in [0.3, 0.4) is 0 Å². The molecule has 0 atom stereocenters. The Morgan fingerprint density at radius 1 is 0.656 bits per heavy atom. The summed E-state index contributed by atoms with van der Waals surface area (Å²) in [5, 5.41) is 0. The largest absolute Gasteiger partial charge is 0.461 e. The van der Waals surface area contributed by atoms with Gasteiger partial charge in [0.1, 0.15) is 5.57 Å². The van der Waals surface area contributed by atoms with E-state index in [4.69, 9.17) is 9.47 Å². The summed E-state index contributed by atoms with van der Waals surface area (Å²) in [5.74, 6) is -0.0236. The minimum Gasteiger partial charge on any atom is -0.461 e. The highest BCUT2D eigenvalue weighted by molar-refractivity contribution is 6.14. The molecule has 182 valence electrons. The fraction of sp³-hybridized carbons (Fsp3) is 0.786. The Morgan fingerprint density at radius 2 is 1.03 bits per heavy atom. The number of esters is 2. The van der Waals surface area contributed by atoms with E-state index >= 15 is 0 Å². The molecule has 0 amide bonds. The van der Waals surface area contributed by atoms with Gasteiger partial charge in [0.25, 0.3) is 0 Å². The summed E-state index contributed by atoms with van der Waals surface area (Å²) in [6, 6.07) is 0. The van der Waals surface area contributed by atoms with E-state index in [1.807, 2.05) is 41.5 Å². The number of carbonyl (C=O) groups excluding carboxylic acids is 2.